The first-order valence-corrected chi connectivity index (χ1v) is 9.58. The minimum Gasteiger partial charge on any atom is -0.418 e. The van der Waals surface area contributed by atoms with Gasteiger partial charge in [0.1, 0.15) is 15.7 Å². The lowest BCUT2D eigenvalue weighted by Gasteiger charge is -2.16. The van der Waals surface area contributed by atoms with Gasteiger partial charge < -0.3 is 9.16 Å². The maximum absolute atomic E-state index is 5.76. The van der Waals surface area contributed by atoms with Crippen LogP contribution in [0.4, 0.5) is 0 Å². The van der Waals surface area contributed by atoms with E-state index in [4.69, 9.17) is 9.16 Å². The lowest BCUT2D eigenvalue weighted by atomic mass is 9.78. The van der Waals surface area contributed by atoms with E-state index in [0.29, 0.717) is 5.82 Å². The van der Waals surface area contributed by atoms with Gasteiger partial charge in [-0.3, -0.25) is 0 Å². The van der Waals surface area contributed by atoms with Gasteiger partial charge in [0.2, 0.25) is 0 Å². The second-order valence-electron chi connectivity index (χ2n) is 5.26. The molecule has 2 nitrogen and oxygen atoms in total. The lowest BCUT2D eigenvalue weighted by Crippen LogP contribution is -2.25. The maximum atomic E-state index is 5.76. The van der Waals surface area contributed by atoms with E-state index in [0.717, 1.165) is 32.7 Å². The van der Waals surface area contributed by atoms with Gasteiger partial charge in [-0.15, -0.1) is 0 Å². The Labute approximate surface area is 98.1 Å². The summed E-state index contributed by atoms with van der Waals surface area (Å²) in [7, 11) is 3.14. The Kier molecular flexibility index (Phi) is 8.57. The van der Waals surface area contributed by atoms with Crippen molar-refractivity contribution < 1.29 is 9.16 Å². The highest BCUT2D eigenvalue weighted by molar-refractivity contribution is 6.69. The predicted molar refractivity (Wildman–Crippen MR) is 75.0 cm³/mol. The van der Waals surface area contributed by atoms with Crippen LogP contribution >= 0.6 is 0 Å². The van der Waals surface area contributed by atoms with Gasteiger partial charge in [0.25, 0.3) is 0 Å². The molecule has 0 spiro atoms. The Hall–Kier alpha value is 0.267. The van der Waals surface area contributed by atoms with Crippen LogP contribution in [-0.2, 0) is 9.16 Å². The van der Waals surface area contributed by atoms with Gasteiger partial charge in [0.05, 0.1) is 0 Å². The Bertz CT molecular complexity index is 151. The molecule has 1 unspecified atom stereocenters. The number of hydrogen-bond donors (Lipinski definition) is 0. The zero-order chi connectivity index (χ0) is 11.7. The van der Waals surface area contributed by atoms with E-state index in [-0.39, 0.29) is 0 Å². The van der Waals surface area contributed by atoms with E-state index in [1.807, 2.05) is 0 Å². The smallest absolute Gasteiger partial charge is 0.183 e. The third kappa shape index (κ3) is 12.2. The Balaban J connectivity index is 3.12. The first-order chi connectivity index (χ1) is 6.95. The fourth-order valence-electron chi connectivity index (χ4n) is 1.09. The van der Waals surface area contributed by atoms with Crippen LogP contribution in [0.25, 0.3) is 0 Å². The standard InChI is InChI=1S/C10H26B2O2Si/c1-15(2,3)14-7-5-4-6-13-9-10(12)8-11/h10H,4-9,11-12H2,1-3H3. The molecule has 0 saturated heterocycles. The summed E-state index contributed by atoms with van der Waals surface area (Å²) in [4.78, 5) is 0. The van der Waals surface area contributed by atoms with Crippen LogP contribution in [-0.4, -0.2) is 43.8 Å². The van der Waals surface area contributed by atoms with Gasteiger partial charge in [0, 0.05) is 19.8 Å². The van der Waals surface area contributed by atoms with Gasteiger partial charge in [0.15, 0.2) is 8.32 Å². The summed E-state index contributed by atoms with van der Waals surface area (Å²) in [6, 6.07) is 0. The molecule has 0 bridgehead atoms. The third-order valence-electron chi connectivity index (χ3n) is 2.32. The normalized spacial score (nSPS) is 14.1. The van der Waals surface area contributed by atoms with Crippen molar-refractivity contribution in [3.05, 3.63) is 0 Å². The molecule has 0 aromatic carbocycles. The molecule has 5 heteroatoms. The first kappa shape index (κ1) is 15.3. The molecule has 0 saturated carbocycles. The fraction of sp³-hybridized carbons (Fsp3) is 1.00. The average molecular weight is 228 g/mol. The van der Waals surface area contributed by atoms with Crippen LogP contribution in [0.2, 0.25) is 31.8 Å². The fourth-order valence-corrected chi connectivity index (χ4v) is 1.84. The highest BCUT2D eigenvalue weighted by atomic mass is 28.4. The summed E-state index contributed by atoms with van der Waals surface area (Å²) in [5, 5.41) is 0. The first-order valence-electron chi connectivity index (χ1n) is 6.17. The molecule has 0 aromatic rings. The van der Waals surface area contributed by atoms with E-state index >= 15 is 0 Å². The molecule has 0 heterocycles. The maximum Gasteiger partial charge on any atom is 0.183 e. The highest BCUT2D eigenvalue weighted by Gasteiger charge is 2.12. The second kappa shape index (κ2) is 8.42. The molecule has 0 rings (SSSR count). The molecular weight excluding hydrogens is 202 g/mol. The lowest BCUT2D eigenvalue weighted by molar-refractivity contribution is 0.127. The van der Waals surface area contributed by atoms with Gasteiger partial charge in [-0.05, 0) is 32.5 Å². The predicted octanol–water partition coefficient (Wildman–Crippen LogP) is 1.11. The van der Waals surface area contributed by atoms with Gasteiger partial charge in [-0.25, -0.2) is 0 Å². The Morgan fingerprint density at radius 3 is 2.27 bits per heavy atom. The van der Waals surface area contributed by atoms with E-state index < -0.39 is 8.32 Å². The number of rotatable bonds is 9. The third-order valence-corrected chi connectivity index (χ3v) is 3.39. The molecule has 0 fully saturated rings. The summed E-state index contributed by atoms with van der Waals surface area (Å²) < 4.78 is 11.3. The molecule has 0 amide bonds. The molecule has 88 valence electrons. The Morgan fingerprint density at radius 2 is 1.73 bits per heavy atom. The van der Waals surface area contributed by atoms with Gasteiger partial charge in [-0.2, -0.15) is 0 Å². The Morgan fingerprint density at radius 1 is 1.13 bits per heavy atom. The topological polar surface area (TPSA) is 18.5 Å². The molecule has 15 heavy (non-hydrogen) atoms. The van der Waals surface area contributed by atoms with Crippen molar-refractivity contribution in [3.8, 4) is 0 Å². The molecule has 0 aromatic heterocycles. The van der Waals surface area contributed by atoms with Crippen LogP contribution in [0.3, 0.4) is 0 Å². The quantitative estimate of drug-likeness (QED) is 0.434. The van der Waals surface area contributed by atoms with Crippen LogP contribution < -0.4 is 0 Å². The number of unbranched alkanes of at least 4 members (excludes halogenated alkanes) is 1. The summed E-state index contributed by atoms with van der Waals surface area (Å²) in [6.07, 6.45) is 3.46. The summed E-state index contributed by atoms with van der Waals surface area (Å²) in [5.74, 6) is 0.697. The van der Waals surface area contributed by atoms with Crippen LogP contribution in [0.1, 0.15) is 12.8 Å². The summed E-state index contributed by atoms with van der Waals surface area (Å²) in [5.41, 5.74) is 0. The highest BCUT2D eigenvalue weighted by Crippen LogP contribution is 2.06. The second-order valence-corrected chi connectivity index (χ2v) is 9.77. The van der Waals surface area contributed by atoms with Crippen molar-refractivity contribution >= 4 is 24.0 Å². The minimum absolute atomic E-state index is 0.697. The zero-order valence-electron chi connectivity index (χ0n) is 11.1. The average Bonchev–Trinajstić information content (AvgIpc) is 2.14. The van der Waals surface area contributed by atoms with Gasteiger partial charge >= 0.3 is 0 Å². The van der Waals surface area contributed by atoms with Crippen molar-refractivity contribution in [1.29, 1.82) is 0 Å². The molecule has 0 N–H and O–H groups in total. The van der Waals surface area contributed by atoms with Crippen LogP contribution in [0.5, 0.6) is 0 Å². The van der Waals surface area contributed by atoms with Crippen molar-refractivity contribution in [1.82, 2.24) is 0 Å². The van der Waals surface area contributed by atoms with Gasteiger partial charge in [-0.1, -0.05) is 12.1 Å². The molecular formula is C10H26B2O2Si. The number of hydrogen-bond acceptors (Lipinski definition) is 2. The molecule has 0 aliphatic heterocycles. The van der Waals surface area contributed by atoms with E-state index in [1.165, 1.54) is 6.32 Å². The number of ether oxygens (including phenoxy) is 1. The van der Waals surface area contributed by atoms with Crippen molar-refractivity contribution in [3.63, 3.8) is 0 Å². The molecule has 0 radical (unpaired) electrons. The van der Waals surface area contributed by atoms with Crippen LogP contribution in [0.15, 0.2) is 0 Å². The summed E-state index contributed by atoms with van der Waals surface area (Å²) in [6.45, 7) is 9.39. The molecule has 0 aliphatic carbocycles. The molecule has 0 aliphatic rings. The summed E-state index contributed by atoms with van der Waals surface area (Å²) >= 11 is 0. The minimum atomic E-state index is -1.29. The zero-order valence-corrected chi connectivity index (χ0v) is 12.1. The van der Waals surface area contributed by atoms with Crippen molar-refractivity contribution in [2.45, 2.75) is 44.6 Å². The van der Waals surface area contributed by atoms with Crippen LogP contribution in [0, 0.1) is 0 Å². The van der Waals surface area contributed by atoms with Crippen molar-refractivity contribution in [2.24, 2.45) is 0 Å². The van der Waals surface area contributed by atoms with E-state index in [1.54, 1.807) is 0 Å². The van der Waals surface area contributed by atoms with E-state index in [9.17, 15) is 0 Å². The van der Waals surface area contributed by atoms with E-state index in [2.05, 4.69) is 35.3 Å². The SMILES string of the molecule is BCC(B)COCCCCO[Si](C)(C)C. The van der Waals surface area contributed by atoms with Crippen molar-refractivity contribution in [2.75, 3.05) is 19.8 Å². The monoisotopic (exact) mass is 228 g/mol. The molecule has 1 atom stereocenters. The largest absolute Gasteiger partial charge is 0.418 e.